The van der Waals surface area contributed by atoms with Crippen LogP contribution < -0.4 is 9.47 Å². The average molecular weight is 419 g/mol. The van der Waals surface area contributed by atoms with Crippen molar-refractivity contribution < 1.29 is 54.1 Å². The summed E-state index contributed by atoms with van der Waals surface area (Å²) in [6.45, 7) is 0. The van der Waals surface area contributed by atoms with Crippen LogP contribution in [0.15, 0.2) is 42.5 Å². The van der Waals surface area contributed by atoms with Gasteiger partial charge in [0.2, 0.25) is 11.5 Å². The van der Waals surface area contributed by atoms with Gasteiger partial charge >= 0.3 is 24.6 Å². The van der Waals surface area contributed by atoms with Crippen molar-refractivity contribution in [1.82, 2.24) is 0 Å². The van der Waals surface area contributed by atoms with E-state index in [1.165, 1.54) is 0 Å². The number of halogens is 9. The summed E-state index contributed by atoms with van der Waals surface area (Å²) in [5, 5.41) is 11.8. The molecular formula is C16H8F9O3. The highest BCUT2D eigenvalue weighted by atomic mass is 19.4. The molecule has 1 radical (unpaired) electrons. The largest absolute Gasteiger partial charge is 0.461 e. The van der Waals surface area contributed by atoms with Crippen molar-refractivity contribution in [2.45, 2.75) is 24.6 Å². The van der Waals surface area contributed by atoms with E-state index in [1.807, 2.05) is 0 Å². The molecule has 0 aromatic heterocycles. The molecule has 0 aliphatic carbocycles. The van der Waals surface area contributed by atoms with Gasteiger partial charge in [0, 0.05) is 5.56 Å². The van der Waals surface area contributed by atoms with Gasteiger partial charge in [-0.25, -0.2) is 0 Å². The highest BCUT2D eigenvalue weighted by Crippen LogP contribution is 2.46. The summed E-state index contributed by atoms with van der Waals surface area (Å²) in [7, 11) is 0. The molecule has 0 heterocycles. The minimum absolute atomic E-state index is 0.217. The summed E-state index contributed by atoms with van der Waals surface area (Å²) in [6, 6.07) is 4.47. The molecule has 2 aromatic rings. The van der Waals surface area contributed by atoms with Crippen molar-refractivity contribution >= 4 is 0 Å². The molecule has 0 unspecified atom stereocenters. The molecular weight excluding hydrogens is 411 g/mol. The van der Waals surface area contributed by atoms with Crippen LogP contribution >= 0.6 is 0 Å². The Morgan fingerprint density at radius 2 is 1.46 bits per heavy atom. The van der Waals surface area contributed by atoms with Gasteiger partial charge < -0.3 is 9.47 Å². The smallest absolute Gasteiger partial charge is 0.449 e. The summed E-state index contributed by atoms with van der Waals surface area (Å²) in [4.78, 5) is 0. The fourth-order valence-electron chi connectivity index (χ4n) is 1.90. The first kappa shape index (κ1) is 21.5. The van der Waals surface area contributed by atoms with E-state index in [0.717, 1.165) is 24.3 Å². The van der Waals surface area contributed by atoms with Crippen LogP contribution in [-0.4, -0.2) is 18.7 Å². The van der Waals surface area contributed by atoms with Gasteiger partial charge in [0.25, 0.3) is 0 Å². The van der Waals surface area contributed by atoms with Crippen molar-refractivity contribution in [2.24, 2.45) is 0 Å². The normalized spacial score (nSPS) is 12.9. The SMILES string of the molecule is [O]c1cccc(OC(F)(F)C(F)F)c1Oc1cccc(C(F)(F)C(F)(F)F)c1. The van der Waals surface area contributed by atoms with Gasteiger partial charge in [-0.05, 0) is 24.3 Å². The molecule has 28 heavy (non-hydrogen) atoms. The minimum atomic E-state index is -5.93. The van der Waals surface area contributed by atoms with E-state index in [-0.39, 0.29) is 6.07 Å². The van der Waals surface area contributed by atoms with E-state index < -0.39 is 53.2 Å². The lowest BCUT2D eigenvalue weighted by Crippen LogP contribution is -2.33. The first-order valence-corrected chi connectivity index (χ1v) is 7.13. The van der Waals surface area contributed by atoms with E-state index in [0.29, 0.717) is 12.1 Å². The Morgan fingerprint density at radius 1 is 0.857 bits per heavy atom. The molecule has 0 spiro atoms. The molecule has 3 nitrogen and oxygen atoms in total. The lowest BCUT2D eigenvalue weighted by atomic mass is 10.1. The van der Waals surface area contributed by atoms with Crippen LogP contribution in [0, 0.1) is 0 Å². The fraction of sp³-hybridized carbons (Fsp3) is 0.250. The second-order valence-corrected chi connectivity index (χ2v) is 5.25. The molecule has 0 saturated heterocycles. The van der Waals surface area contributed by atoms with Gasteiger partial charge in [-0.15, -0.1) is 0 Å². The molecule has 2 aromatic carbocycles. The number of para-hydroxylation sites is 1. The topological polar surface area (TPSA) is 38.4 Å². The van der Waals surface area contributed by atoms with Crippen LogP contribution in [-0.2, 0) is 11.0 Å². The highest BCUT2D eigenvalue weighted by Gasteiger charge is 2.58. The van der Waals surface area contributed by atoms with Crippen LogP contribution in [0.2, 0.25) is 0 Å². The summed E-state index contributed by atoms with van der Waals surface area (Å²) in [5.74, 6) is -9.47. The maximum absolute atomic E-state index is 13.4. The zero-order valence-corrected chi connectivity index (χ0v) is 13.2. The predicted octanol–water partition coefficient (Wildman–Crippen LogP) is 6.51. The van der Waals surface area contributed by atoms with Gasteiger partial charge in [0.1, 0.15) is 5.75 Å². The van der Waals surface area contributed by atoms with Crippen LogP contribution in [0.3, 0.4) is 0 Å². The lowest BCUT2D eigenvalue weighted by molar-refractivity contribution is -0.289. The molecule has 0 bridgehead atoms. The first-order chi connectivity index (χ1) is 12.8. The molecule has 0 aliphatic rings. The zero-order chi connectivity index (χ0) is 21.3. The Kier molecular flexibility index (Phi) is 5.62. The number of hydrogen-bond acceptors (Lipinski definition) is 2. The van der Waals surface area contributed by atoms with Crippen molar-refractivity contribution in [3.63, 3.8) is 0 Å². The van der Waals surface area contributed by atoms with Gasteiger partial charge in [-0.2, -0.15) is 39.5 Å². The number of benzene rings is 2. The Labute approximate surface area is 150 Å². The van der Waals surface area contributed by atoms with E-state index in [4.69, 9.17) is 4.74 Å². The van der Waals surface area contributed by atoms with E-state index >= 15 is 0 Å². The lowest BCUT2D eigenvalue weighted by Gasteiger charge is -2.21. The minimum Gasteiger partial charge on any atom is -0.449 e. The quantitative estimate of drug-likeness (QED) is 0.501. The van der Waals surface area contributed by atoms with Gasteiger partial charge in [-0.1, -0.05) is 18.2 Å². The van der Waals surface area contributed by atoms with Crippen molar-refractivity contribution in [1.29, 1.82) is 0 Å². The third-order valence-electron chi connectivity index (χ3n) is 3.22. The monoisotopic (exact) mass is 419 g/mol. The van der Waals surface area contributed by atoms with Crippen LogP contribution in [0.4, 0.5) is 39.5 Å². The predicted molar refractivity (Wildman–Crippen MR) is 74.6 cm³/mol. The van der Waals surface area contributed by atoms with E-state index in [9.17, 15) is 44.6 Å². The molecule has 0 N–H and O–H groups in total. The van der Waals surface area contributed by atoms with Crippen molar-refractivity contribution in [2.75, 3.05) is 0 Å². The maximum Gasteiger partial charge on any atom is 0.461 e. The Hall–Kier alpha value is -2.79. The van der Waals surface area contributed by atoms with Gasteiger partial charge in [-0.3, -0.25) is 5.11 Å². The Balaban J connectivity index is 2.41. The average Bonchev–Trinajstić information content (AvgIpc) is 2.57. The van der Waals surface area contributed by atoms with E-state index in [1.54, 1.807) is 0 Å². The molecule has 0 saturated carbocycles. The van der Waals surface area contributed by atoms with Crippen LogP contribution in [0.25, 0.3) is 0 Å². The number of ether oxygens (including phenoxy) is 2. The van der Waals surface area contributed by atoms with Crippen LogP contribution in [0.5, 0.6) is 23.0 Å². The number of hydrogen-bond donors (Lipinski definition) is 0. The van der Waals surface area contributed by atoms with Crippen molar-refractivity contribution in [3.05, 3.63) is 48.0 Å². The molecule has 0 atom stereocenters. The van der Waals surface area contributed by atoms with Gasteiger partial charge in [0.05, 0.1) is 0 Å². The fourth-order valence-corrected chi connectivity index (χ4v) is 1.90. The zero-order valence-electron chi connectivity index (χ0n) is 13.2. The highest BCUT2D eigenvalue weighted by molar-refractivity contribution is 5.52. The summed E-state index contributed by atoms with van der Waals surface area (Å²) >= 11 is 0. The Bertz CT molecular complexity index is 834. The summed E-state index contributed by atoms with van der Waals surface area (Å²) in [5.41, 5.74) is -1.55. The number of alkyl halides is 9. The third-order valence-corrected chi connectivity index (χ3v) is 3.22. The van der Waals surface area contributed by atoms with Crippen LogP contribution in [0.1, 0.15) is 5.56 Å². The van der Waals surface area contributed by atoms with Gasteiger partial charge in [0.15, 0.2) is 5.75 Å². The molecule has 12 heteroatoms. The number of rotatable bonds is 6. The van der Waals surface area contributed by atoms with E-state index in [2.05, 4.69) is 4.74 Å². The second kappa shape index (κ2) is 7.32. The Morgan fingerprint density at radius 3 is 2.04 bits per heavy atom. The summed E-state index contributed by atoms with van der Waals surface area (Å²) < 4.78 is 123. The standard InChI is InChI=1S/C16H8F9O3/c17-13(18)15(21,22)28-11-6-2-5-10(26)12(11)27-9-4-1-3-8(7-9)14(19,20)16(23,24)25/h1-7,13H. The molecule has 0 amide bonds. The maximum atomic E-state index is 13.4. The molecule has 0 fully saturated rings. The summed E-state index contributed by atoms with van der Waals surface area (Å²) in [6.07, 6.45) is -15.2. The second-order valence-electron chi connectivity index (χ2n) is 5.25. The first-order valence-electron chi connectivity index (χ1n) is 7.13. The van der Waals surface area contributed by atoms with Crippen molar-refractivity contribution in [3.8, 4) is 23.0 Å². The third kappa shape index (κ3) is 4.37. The molecule has 2 rings (SSSR count). The molecule has 153 valence electrons. The molecule has 0 aliphatic heterocycles.